The number of urea groups is 2. The first-order valence-electron chi connectivity index (χ1n) is 24.1. The van der Waals surface area contributed by atoms with Crippen LogP contribution in [-0.2, 0) is 28.7 Å². The van der Waals surface area contributed by atoms with Crippen molar-refractivity contribution in [2.45, 2.75) is 100.0 Å². The smallest absolute Gasteiger partial charge is 0.381 e. The number of rotatable bonds is 14. The number of anilines is 3. The molecule has 2 aromatic carbocycles. The van der Waals surface area contributed by atoms with E-state index < -0.39 is 147 Å². The summed E-state index contributed by atoms with van der Waals surface area (Å²) in [4.78, 5) is 120. The van der Waals surface area contributed by atoms with Crippen molar-refractivity contribution in [1.82, 2.24) is 40.0 Å². The van der Waals surface area contributed by atoms with Gasteiger partial charge in [-0.2, -0.15) is 26.3 Å². The van der Waals surface area contributed by atoms with Gasteiger partial charge in [0, 0.05) is 60.6 Å². The Kier molecular flexibility index (Phi) is 18.0. The zero-order valence-corrected chi connectivity index (χ0v) is 41.8. The molecule has 3 aromatic heterocycles. The number of alkyl halides is 12. The number of nitrogens with one attached hydrogen (secondary N) is 4. The summed E-state index contributed by atoms with van der Waals surface area (Å²) in [5, 5.41) is 9.87. The monoisotopic (exact) mass is 1170 g/mol. The molecule has 2 aliphatic carbocycles. The lowest BCUT2D eigenvalue weighted by atomic mass is 9.80. The minimum absolute atomic E-state index is 0.0240. The van der Waals surface area contributed by atoms with Crippen molar-refractivity contribution in [2.75, 3.05) is 23.7 Å². The molecule has 0 unspecified atom stereocenters. The molecule has 0 atom stereocenters. The number of benzene rings is 2. The van der Waals surface area contributed by atoms with Gasteiger partial charge in [0.1, 0.15) is 16.6 Å². The standard InChI is InChI=1S/C23H21F4N5O4.C23H19F4N5O3.C4H2F4O3/c24-17(25)19(34)30-15-2-1-11-28-18(15)29-14-5-3-13(4-6-14)16(33)12-32-20(35)22(31-21(32)36)7-9-23(26,27)10-8-22;24-17(25)19-29-15-2-1-11-28-18(15)32(19)14-5-3-13(4-6-14)16(33)12-31-20(34)22(30-21(31)35)7-9-23(26,27)10-8-22;5-1(6)3(9)11-4(10)2(7)8/h1-6,11,17H,7-10,12H2,(H,28,29)(H,30,34)(H,31,36);1-6,11,17H,7-10,12H2,(H,30,35);1-2H. The highest BCUT2D eigenvalue weighted by atomic mass is 19.3. The molecule has 20 nitrogen and oxygen atoms in total. The second kappa shape index (κ2) is 24.4. The summed E-state index contributed by atoms with van der Waals surface area (Å²) in [6, 6.07) is 15.8. The van der Waals surface area contributed by atoms with Gasteiger partial charge in [-0.3, -0.25) is 38.3 Å². The summed E-state index contributed by atoms with van der Waals surface area (Å²) in [5.41, 5.74) is -1.26. The number of amides is 7. The molecule has 5 aromatic rings. The van der Waals surface area contributed by atoms with Crippen molar-refractivity contribution >= 4 is 81.6 Å². The van der Waals surface area contributed by atoms with Crippen molar-refractivity contribution in [3.63, 3.8) is 0 Å². The number of hydrogen-bond acceptors (Lipinski definition) is 14. The minimum Gasteiger partial charge on any atom is -0.385 e. The molecule has 0 radical (unpaired) electrons. The van der Waals surface area contributed by atoms with Crippen molar-refractivity contribution in [3.05, 3.63) is 102 Å². The molecule has 9 rings (SSSR count). The summed E-state index contributed by atoms with van der Waals surface area (Å²) < 4.78 is 155. The molecule has 2 saturated heterocycles. The topological polar surface area (TPSA) is 261 Å². The molecule has 5 heterocycles. The zero-order valence-electron chi connectivity index (χ0n) is 41.8. The lowest BCUT2D eigenvalue weighted by Crippen LogP contribution is -2.51. The molecule has 4 fully saturated rings. The van der Waals surface area contributed by atoms with E-state index in [1.165, 1.54) is 77.6 Å². The normalized spacial score (nSPS) is 17.6. The molecule has 32 heteroatoms. The quantitative estimate of drug-likeness (QED) is 0.0268. The predicted molar refractivity (Wildman–Crippen MR) is 257 cm³/mol. The maximum Gasteiger partial charge on any atom is 0.381 e. The Morgan fingerprint density at radius 2 is 1.04 bits per heavy atom. The molecule has 436 valence electrons. The molecule has 0 bridgehead atoms. The Bertz CT molecular complexity index is 3260. The fraction of sp³-hybridized carbons (Fsp3) is 0.360. The zero-order chi connectivity index (χ0) is 60.1. The maximum atomic E-state index is 13.6. The van der Waals surface area contributed by atoms with Gasteiger partial charge >= 0.3 is 43.3 Å². The van der Waals surface area contributed by atoms with Crippen LogP contribution in [0.2, 0.25) is 0 Å². The number of esters is 2. The Hall–Kier alpha value is -9.00. The number of Topliss-reactive ketones (excluding diaryl/α,β-unsaturated/α-hetero) is 2. The molecule has 2 spiro atoms. The highest BCUT2D eigenvalue weighted by Crippen LogP contribution is 2.43. The van der Waals surface area contributed by atoms with Gasteiger partial charge in [-0.15, -0.1) is 0 Å². The van der Waals surface area contributed by atoms with Crippen LogP contribution in [0.3, 0.4) is 0 Å². The molecular weight excluding hydrogens is 1130 g/mol. The van der Waals surface area contributed by atoms with E-state index in [0.29, 0.717) is 11.4 Å². The van der Waals surface area contributed by atoms with Gasteiger partial charge in [-0.05, 0) is 98.5 Å². The minimum atomic E-state index is -3.57. The van der Waals surface area contributed by atoms with E-state index in [1.54, 1.807) is 12.1 Å². The van der Waals surface area contributed by atoms with Gasteiger partial charge < -0.3 is 26.0 Å². The summed E-state index contributed by atoms with van der Waals surface area (Å²) in [6.45, 7) is -1.13. The fourth-order valence-electron chi connectivity index (χ4n) is 8.86. The van der Waals surface area contributed by atoms with Crippen LogP contribution in [0.1, 0.15) is 84.3 Å². The predicted octanol–water partition coefficient (Wildman–Crippen LogP) is 8.34. The third-order valence-corrected chi connectivity index (χ3v) is 13.1. The highest BCUT2D eigenvalue weighted by Gasteiger charge is 2.57. The summed E-state index contributed by atoms with van der Waals surface area (Å²) in [5.74, 6) is -14.7. The van der Waals surface area contributed by atoms with Crippen molar-refractivity contribution in [3.8, 4) is 5.69 Å². The van der Waals surface area contributed by atoms with E-state index in [1.807, 2.05) is 0 Å². The number of ether oxygens (including phenoxy) is 1. The number of hydrogen-bond donors (Lipinski definition) is 4. The van der Waals surface area contributed by atoms with E-state index >= 15 is 0 Å². The molecule has 4 aliphatic rings. The number of fused-ring (bicyclic) bond motifs is 1. The van der Waals surface area contributed by atoms with Gasteiger partial charge in [0.25, 0.3) is 24.1 Å². The molecule has 7 amide bonds. The molecule has 2 saturated carbocycles. The van der Waals surface area contributed by atoms with Crippen LogP contribution in [0.15, 0.2) is 85.2 Å². The van der Waals surface area contributed by atoms with Crippen molar-refractivity contribution in [1.29, 1.82) is 0 Å². The third-order valence-electron chi connectivity index (χ3n) is 13.1. The number of carbonyl (C=O) groups excluding carboxylic acids is 9. The average molecular weight is 1170 g/mol. The average Bonchev–Trinajstić information content (AvgIpc) is 4.03. The number of pyridine rings is 2. The second-order valence-electron chi connectivity index (χ2n) is 18.6. The Labute approximate surface area is 452 Å². The maximum absolute atomic E-state index is 13.6. The molecular formula is C50H42F12N10O10. The lowest BCUT2D eigenvalue weighted by Gasteiger charge is -2.34. The van der Waals surface area contributed by atoms with Crippen LogP contribution in [0.5, 0.6) is 0 Å². The Morgan fingerprint density at radius 1 is 0.585 bits per heavy atom. The van der Waals surface area contributed by atoms with Crippen molar-refractivity contribution < 1.29 is 101 Å². The van der Waals surface area contributed by atoms with E-state index in [9.17, 15) is 95.8 Å². The summed E-state index contributed by atoms with van der Waals surface area (Å²) in [7, 11) is 0. The number of imidazole rings is 1. The lowest BCUT2D eigenvalue weighted by molar-refractivity contribution is -0.174. The molecule has 2 aliphatic heterocycles. The number of carbonyl (C=O) groups is 9. The number of imide groups is 2. The van der Waals surface area contributed by atoms with Gasteiger partial charge in [0.05, 0.1) is 18.8 Å². The fourth-order valence-corrected chi connectivity index (χ4v) is 8.86. The first-order chi connectivity index (χ1) is 38.5. The first-order valence-corrected chi connectivity index (χ1v) is 24.1. The summed E-state index contributed by atoms with van der Waals surface area (Å²) in [6.07, 6.45) is -13.3. The van der Waals surface area contributed by atoms with Crippen molar-refractivity contribution in [2.24, 2.45) is 0 Å². The van der Waals surface area contributed by atoms with Gasteiger partial charge in [-0.1, -0.05) is 0 Å². The number of halogens is 12. The van der Waals surface area contributed by atoms with Crippen LogP contribution in [0.25, 0.3) is 16.9 Å². The largest absolute Gasteiger partial charge is 0.385 e. The molecule has 4 N–H and O–H groups in total. The highest BCUT2D eigenvalue weighted by molar-refractivity contribution is 6.12. The second-order valence-corrected chi connectivity index (χ2v) is 18.6. The van der Waals surface area contributed by atoms with Crippen LogP contribution in [0.4, 0.5) is 79.5 Å². The Morgan fingerprint density at radius 3 is 1.49 bits per heavy atom. The van der Waals surface area contributed by atoms with Gasteiger partial charge in [-0.25, -0.2) is 60.5 Å². The number of aromatic nitrogens is 4. The van der Waals surface area contributed by atoms with Crippen LogP contribution >= 0.6 is 0 Å². The first kappa shape index (κ1) is 60.6. The van der Waals surface area contributed by atoms with Gasteiger partial charge in [0.15, 0.2) is 28.9 Å². The number of nitrogens with zero attached hydrogens (tertiary/aromatic N) is 6. The van der Waals surface area contributed by atoms with Crippen LogP contribution < -0.4 is 21.3 Å². The van der Waals surface area contributed by atoms with E-state index in [0.717, 1.165) is 9.80 Å². The summed E-state index contributed by atoms with van der Waals surface area (Å²) >= 11 is 0. The van der Waals surface area contributed by atoms with E-state index in [-0.39, 0.29) is 59.5 Å². The van der Waals surface area contributed by atoms with Crippen LogP contribution in [-0.4, -0.2) is 138 Å². The van der Waals surface area contributed by atoms with Gasteiger partial charge in [0.2, 0.25) is 11.8 Å². The van der Waals surface area contributed by atoms with Crippen LogP contribution in [0, 0.1) is 0 Å². The molecule has 82 heavy (non-hydrogen) atoms. The van der Waals surface area contributed by atoms with E-state index in [4.69, 9.17) is 0 Å². The SMILES string of the molecule is O=C(CN1C(=O)NC2(CCC(F)(F)CC2)C1=O)c1ccc(-n2c(C(F)F)nc3cccnc32)cc1.O=C(CN1C(=O)NC2(CCC(F)(F)CC2)C1=O)c1ccc(Nc2ncccc2NC(=O)C(F)F)cc1.O=C(OC(=O)C(F)F)C(F)F. The Balaban J connectivity index is 0.000000200. The number of ketones is 2. The van der Waals surface area contributed by atoms with E-state index in [2.05, 4.69) is 41.0 Å². The third kappa shape index (κ3) is 13.8.